The third-order valence-corrected chi connectivity index (χ3v) is 15.2. The number of nitrogens with one attached hydrogen (secondary N) is 2. The van der Waals surface area contributed by atoms with E-state index in [-0.39, 0.29) is 60.1 Å². The number of nitrogens with two attached hydrogens (primary N) is 1. The zero-order valence-electron chi connectivity index (χ0n) is 42.7. The highest BCUT2D eigenvalue weighted by atomic mass is 32.2. The van der Waals surface area contributed by atoms with E-state index in [1.807, 2.05) is 0 Å². The Bertz CT molecular complexity index is 2040. The number of carbonyl (C=O) groups is 3. The van der Waals surface area contributed by atoms with Crippen molar-refractivity contribution in [1.82, 2.24) is 48.6 Å². The smallest absolute Gasteiger partial charge is 0.274 e. The summed E-state index contributed by atoms with van der Waals surface area (Å²) in [5.74, 6) is -1.10. The van der Waals surface area contributed by atoms with Crippen LogP contribution < -0.4 is 49.5 Å². The van der Waals surface area contributed by atoms with E-state index < -0.39 is 84.6 Å². The van der Waals surface area contributed by atoms with E-state index in [4.69, 9.17) is 10.5 Å². The summed E-state index contributed by atoms with van der Waals surface area (Å²) in [4.78, 5) is 95.0. The topological polar surface area (TPSA) is 482 Å². The van der Waals surface area contributed by atoms with Gasteiger partial charge in [0.05, 0.1) is 19.5 Å². The fourth-order valence-corrected chi connectivity index (χ4v) is 10.8. The van der Waals surface area contributed by atoms with Gasteiger partial charge in [-0.1, -0.05) is 135 Å². The number of unbranched alkanes of at least 4 members (excludes halogenated alkanes) is 16. The minimum Gasteiger partial charge on any atom is -0.756 e. The van der Waals surface area contributed by atoms with Crippen LogP contribution in [0.1, 0.15) is 149 Å². The highest BCUT2D eigenvalue weighted by Gasteiger charge is 2.48. The van der Waals surface area contributed by atoms with E-state index in [1.54, 1.807) is 0 Å². The summed E-state index contributed by atoms with van der Waals surface area (Å²) in [5.41, 5.74) is 4.14. The maximum absolute atomic E-state index is 12.7. The molecule has 0 bridgehead atoms. The third-order valence-electron chi connectivity index (χ3n) is 11.2. The molecule has 1 aliphatic heterocycles. The second kappa shape index (κ2) is 34.9. The van der Waals surface area contributed by atoms with Crippen LogP contribution >= 0.6 is 35.2 Å². The summed E-state index contributed by atoms with van der Waals surface area (Å²) >= 11 is 1.15. The number of imidazole rings is 1. The molecule has 8 unspecified atom stereocenters. The number of nitrogens with zero attached hydrogens (tertiary/aromatic N) is 4. The van der Waals surface area contributed by atoms with Crippen LogP contribution in [0.15, 0.2) is 12.7 Å². The van der Waals surface area contributed by atoms with E-state index in [2.05, 4.69) is 50.4 Å². The van der Waals surface area contributed by atoms with Gasteiger partial charge in [-0.05, 0) is 6.42 Å². The molecule has 8 atom stereocenters. The number of anilines is 1. The fraction of sp³-hybridized carbons (Fsp3) is 0.805. The number of nitrogen functional groups attached to an aromatic ring is 1. The number of aliphatic hydroxyl groups excluding tert-OH is 2. The second-order valence-corrected chi connectivity index (χ2v) is 22.9. The molecule has 27 nitrogen and oxygen atoms in total. The maximum atomic E-state index is 12.7. The molecule has 1 aliphatic rings. The third kappa shape index (κ3) is 26.3. The van der Waals surface area contributed by atoms with Crippen LogP contribution in [0.3, 0.4) is 0 Å². The van der Waals surface area contributed by atoms with Crippen molar-refractivity contribution in [2.45, 2.75) is 173 Å². The Labute approximate surface area is 426 Å². The van der Waals surface area contributed by atoms with Gasteiger partial charge in [0.1, 0.15) is 36.3 Å². The zero-order chi connectivity index (χ0) is 51.1. The van der Waals surface area contributed by atoms with Crippen LogP contribution in [0.2, 0.25) is 0 Å². The average molecular weight is 1110 g/mol. The molecule has 0 aromatic carbocycles. The van der Waals surface area contributed by atoms with Crippen LogP contribution in [0.25, 0.3) is 11.2 Å². The monoisotopic (exact) mass is 1110 g/mol. The first-order valence-corrected chi connectivity index (χ1v) is 29.0. The average Bonchev–Trinajstić information content (AvgIpc) is 3.84. The van der Waals surface area contributed by atoms with Gasteiger partial charge in [-0.25, -0.2) is 19.3 Å². The number of phosphoric acid groups is 3. The van der Waals surface area contributed by atoms with Gasteiger partial charge >= 0.3 is 0 Å². The number of fused-ring (bicyclic) bond motifs is 1. The molecule has 0 saturated carbocycles. The summed E-state index contributed by atoms with van der Waals surface area (Å²) in [6, 6.07) is 0. The number of ether oxygens (including phenoxy) is 1. The largest absolute Gasteiger partial charge is 0.756 e. The first-order valence-electron chi connectivity index (χ1n) is 23.5. The molecule has 19 N–H and O–H groups in total. The van der Waals surface area contributed by atoms with E-state index in [9.17, 15) is 57.9 Å². The minimum absolute atomic E-state index is 0. The molecule has 1 fully saturated rings. The van der Waals surface area contributed by atoms with Crippen molar-refractivity contribution < 1.29 is 80.5 Å². The minimum atomic E-state index is -5.90. The number of hydrogen-bond acceptors (Lipinski definition) is 21. The van der Waals surface area contributed by atoms with Gasteiger partial charge in [-0.3, -0.25) is 32.6 Å². The lowest BCUT2D eigenvalue weighted by atomic mass is 9.87. The molecule has 31 heteroatoms. The summed E-state index contributed by atoms with van der Waals surface area (Å²) < 4.78 is 61.2. The lowest BCUT2D eigenvalue weighted by Crippen LogP contribution is -2.46. The summed E-state index contributed by atoms with van der Waals surface area (Å²) in [7, 11) is -17.3. The van der Waals surface area contributed by atoms with Crippen molar-refractivity contribution in [2.24, 2.45) is 5.41 Å². The van der Waals surface area contributed by atoms with Crippen molar-refractivity contribution in [3.8, 4) is 0 Å². The normalized spacial score (nSPS) is 19.7. The van der Waals surface area contributed by atoms with Gasteiger partial charge in [0.2, 0.25) is 11.8 Å². The predicted octanol–water partition coefficient (Wildman–Crippen LogP) is 4.94. The highest BCUT2D eigenvalue weighted by molar-refractivity contribution is 8.13. The Morgan fingerprint density at radius 1 is 0.833 bits per heavy atom. The SMILES string of the molecule is CCCCCCCCCCCCCCCCCCCC(=O)SCCNC(=O)CCNC(=O)C(O)C(C)(C)COP(=O)([O-])OP(=O)([O-])OCC1OC(n2cnc3c(N)ncnc32)C(O)C1OP(=O)([O-])O.[NH4+].[NH4+].[NH4+]. The Morgan fingerprint density at radius 3 is 1.93 bits per heavy atom. The van der Waals surface area contributed by atoms with Gasteiger partial charge in [-0.2, -0.15) is 0 Å². The highest BCUT2D eigenvalue weighted by Crippen LogP contribution is 2.56. The summed E-state index contributed by atoms with van der Waals surface area (Å²) in [5, 5.41) is 26.6. The standard InChI is InChI=1S/C41H74N7O17P3S.3H3N/c1-4-5-6-7-8-9-10-11-12-13-14-15-16-17-18-19-20-21-32(50)69-25-24-43-31(49)22-23-44-39(53)36(52)41(2,3)27-62-68(59,60)65-67(57,58)61-26-30-35(64-66(54,55)56)34(51)40(63-30)48-29-47-33-37(42)45-28-46-38(33)48;;;/h28-30,34-36,40,51-52H,4-27H2,1-3H3,(H,43,49)(H,44,53)(H,57,58)(H,59,60)(H2,42,45,46)(H2,54,55,56);3*1H3. The number of hydrogen-bond donors (Lipinski definition) is 9. The Balaban J connectivity index is 0.0000168. The van der Waals surface area contributed by atoms with Crippen molar-refractivity contribution in [3.05, 3.63) is 12.7 Å². The van der Waals surface area contributed by atoms with Gasteiger partial charge in [-0.15, -0.1) is 0 Å². The van der Waals surface area contributed by atoms with Crippen LogP contribution in [-0.2, 0) is 50.7 Å². The van der Waals surface area contributed by atoms with E-state index in [1.165, 1.54) is 104 Å². The summed E-state index contributed by atoms with van der Waals surface area (Å²) in [6.45, 7) is 2.49. The van der Waals surface area contributed by atoms with Crippen molar-refractivity contribution in [3.63, 3.8) is 0 Å². The number of amides is 2. The molecule has 3 rings (SSSR count). The van der Waals surface area contributed by atoms with E-state index in [0.717, 1.165) is 48.2 Å². The van der Waals surface area contributed by atoms with E-state index in [0.29, 0.717) is 12.2 Å². The molecule has 72 heavy (non-hydrogen) atoms. The molecule has 3 heterocycles. The molecular weight excluding hydrogens is 1030 g/mol. The quantitative estimate of drug-likeness (QED) is 0.0319. The fourth-order valence-electron chi connectivity index (χ4n) is 7.34. The number of rotatable bonds is 37. The van der Waals surface area contributed by atoms with Gasteiger partial charge < -0.3 is 82.9 Å². The molecule has 1 saturated heterocycles. The molecule has 0 spiro atoms. The van der Waals surface area contributed by atoms with Gasteiger partial charge in [0.15, 0.2) is 22.8 Å². The Hall–Kier alpha value is -2.56. The van der Waals surface area contributed by atoms with Crippen molar-refractivity contribution >= 4 is 69.1 Å². The number of carbonyl (C=O) groups excluding carboxylic acids is 3. The maximum Gasteiger partial charge on any atom is 0.274 e. The second-order valence-electron chi connectivity index (χ2n) is 17.6. The number of aliphatic hydroxyl groups is 2. The zero-order valence-corrected chi connectivity index (χ0v) is 46.2. The van der Waals surface area contributed by atoms with Crippen LogP contribution in [0.4, 0.5) is 5.82 Å². The molecule has 2 aromatic rings. The van der Waals surface area contributed by atoms with Crippen molar-refractivity contribution in [2.75, 3.05) is 37.8 Å². The lowest BCUT2D eigenvalue weighted by molar-refractivity contribution is -0.247. The number of quaternary nitrogens is 3. The first-order chi connectivity index (χ1) is 32.6. The van der Waals surface area contributed by atoms with Crippen molar-refractivity contribution in [1.29, 1.82) is 0 Å². The van der Waals surface area contributed by atoms with Gasteiger partial charge in [0.25, 0.3) is 23.5 Å². The Morgan fingerprint density at radius 2 is 1.38 bits per heavy atom. The van der Waals surface area contributed by atoms with Gasteiger partial charge in [0, 0.05) is 37.1 Å². The molecular formula is C41H83N10O17P3S. The lowest BCUT2D eigenvalue weighted by Gasteiger charge is -2.35. The molecule has 420 valence electrons. The van der Waals surface area contributed by atoms with Crippen LogP contribution in [0.5, 0.6) is 0 Å². The molecule has 0 aliphatic carbocycles. The number of thioether (sulfide) groups is 1. The van der Waals surface area contributed by atoms with Crippen LogP contribution in [0, 0.1) is 5.41 Å². The number of phosphoric ester groups is 3. The van der Waals surface area contributed by atoms with Crippen LogP contribution in [-0.4, -0.2) is 108 Å². The first kappa shape index (κ1) is 69.4. The number of aromatic nitrogens is 4. The summed E-state index contributed by atoms with van der Waals surface area (Å²) in [6.07, 6.45) is 14.6. The molecule has 2 aromatic heterocycles. The van der Waals surface area contributed by atoms with E-state index >= 15 is 0 Å². The molecule has 2 amide bonds. The predicted molar refractivity (Wildman–Crippen MR) is 267 cm³/mol. The molecule has 0 radical (unpaired) electrons. The Kier molecular flexibility index (Phi) is 33.7.